The molecule has 0 aliphatic heterocycles. The molecule has 0 saturated carbocycles. The fraction of sp³-hybridized carbons (Fsp3) is 0.0500. The molecule has 0 saturated heterocycles. The lowest BCUT2D eigenvalue weighted by Gasteiger charge is -2.10. The van der Waals surface area contributed by atoms with E-state index in [1.54, 1.807) is 60.4 Å². The molecule has 2 aromatic heterocycles. The molecular formula is C20H14ClFN4O. The van der Waals surface area contributed by atoms with Gasteiger partial charge >= 0.3 is 0 Å². The number of carbonyl (C=O) groups excluding carboxylic acids is 1. The standard InChI is InChI=1S/C20H14ClFN4O/c1-26-19-15(11-23-26)14(20(27)25-17-8-3-2-7-16(17)21)10-18(24-19)12-5-4-6-13(22)9-12/h2-11H,1H3,(H,25,27). The van der Waals surface area contributed by atoms with Gasteiger partial charge in [-0.2, -0.15) is 5.10 Å². The third-order valence-corrected chi connectivity index (χ3v) is 4.52. The van der Waals surface area contributed by atoms with Crippen molar-refractivity contribution in [3.8, 4) is 11.3 Å². The molecule has 1 amide bonds. The summed E-state index contributed by atoms with van der Waals surface area (Å²) in [4.78, 5) is 17.5. The van der Waals surface area contributed by atoms with Crippen LogP contribution in [0.1, 0.15) is 10.4 Å². The van der Waals surface area contributed by atoms with Crippen LogP contribution in [0.3, 0.4) is 0 Å². The zero-order valence-corrected chi connectivity index (χ0v) is 15.0. The minimum absolute atomic E-state index is 0.346. The maximum atomic E-state index is 13.6. The number of anilines is 1. The van der Waals surface area contributed by atoms with Gasteiger partial charge in [0.15, 0.2) is 5.65 Å². The molecule has 0 radical (unpaired) electrons. The van der Waals surface area contributed by atoms with E-state index < -0.39 is 0 Å². The van der Waals surface area contributed by atoms with Gasteiger partial charge in [0.2, 0.25) is 0 Å². The first-order valence-corrected chi connectivity index (χ1v) is 8.55. The lowest BCUT2D eigenvalue weighted by Crippen LogP contribution is -2.13. The van der Waals surface area contributed by atoms with Gasteiger partial charge in [-0.05, 0) is 30.3 Å². The summed E-state index contributed by atoms with van der Waals surface area (Å²) in [6.07, 6.45) is 1.58. The number of aryl methyl sites for hydroxylation is 1. The first kappa shape index (κ1) is 17.2. The molecule has 2 heterocycles. The molecule has 0 unspecified atom stereocenters. The highest BCUT2D eigenvalue weighted by Gasteiger charge is 2.17. The van der Waals surface area contributed by atoms with Crippen LogP contribution < -0.4 is 5.32 Å². The molecule has 0 bridgehead atoms. The number of halogens is 2. The van der Waals surface area contributed by atoms with Crippen molar-refractivity contribution in [1.82, 2.24) is 14.8 Å². The average Bonchev–Trinajstić information content (AvgIpc) is 3.04. The van der Waals surface area contributed by atoms with Crippen molar-refractivity contribution < 1.29 is 9.18 Å². The van der Waals surface area contributed by atoms with Gasteiger partial charge in [0.05, 0.1) is 33.6 Å². The number of nitrogens with zero attached hydrogens (tertiary/aromatic N) is 3. The summed E-state index contributed by atoms with van der Waals surface area (Å²) in [6.45, 7) is 0. The van der Waals surface area contributed by atoms with Crippen LogP contribution in [-0.4, -0.2) is 20.7 Å². The van der Waals surface area contributed by atoms with Crippen LogP contribution in [0.5, 0.6) is 0 Å². The van der Waals surface area contributed by atoms with Crippen molar-refractivity contribution in [2.45, 2.75) is 0 Å². The summed E-state index contributed by atoms with van der Waals surface area (Å²) >= 11 is 6.14. The topological polar surface area (TPSA) is 59.8 Å². The van der Waals surface area contributed by atoms with E-state index in [9.17, 15) is 9.18 Å². The van der Waals surface area contributed by atoms with E-state index in [1.165, 1.54) is 12.1 Å². The number of aromatic nitrogens is 3. The van der Waals surface area contributed by atoms with Crippen LogP contribution in [-0.2, 0) is 7.05 Å². The Kier molecular flexibility index (Phi) is 4.33. The monoisotopic (exact) mass is 380 g/mol. The van der Waals surface area contributed by atoms with Gasteiger partial charge in [-0.15, -0.1) is 0 Å². The van der Waals surface area contributed by atoms with E-state index in [0.29, 0.717) is 38.6 Å². The molecule has 0 atom stereocenters. The Bertz CT molecular complexity index is 1170. The van der Waals surface area contributed by atoms with E-state index in [2.05, 4.69) is 15.4 Å². The summed E-state index contributed by atoms with van der Waals surface area (Å²) < 4.78 is 15.2. The van der Waals surface area contributed by atoms with Gasteiger partial charge in [-0.1, -0.05) is 35.9 Å². The Balaban J connectivity index is 1.84. The van der Waals surface area contributed by atoms with Crippen LogP contribution in [0, 0.1) is 5.82 Å². The van der Waals surface area contributed by atoms with E-state index in [-0.39, 0.29) is 11.7 Å². The molecular weight excluding hydrogens is 367 g/mol. The Hall–Kier alpha value is -3.25. The van der Waals surface area contributed by atoms with Crippen LogP contribution in [0.2, 0.25) is 5.02 Å². The smallest absolute Gasteiger partial charge is 0.256 e. The van der Waals surface area contributed by atoms with E-state index in [0.717, 1.165) is 0 Å². The fourth-order valence-electron chi connectivity index (χ4n) is 2.85. The number of hydrogen-bond acceptors (Lipinski definition) is 3. The molecule has 134 valence electrons. The Morgan fingerprint density at radius 2 is 1.96 bits per heavy atom. The molecule has 0 spiro atoms. The van der Waals surface area contributed by atoms with Crippen molar-refractivity contribution in [3.63, 3.8) is 0 Å². The number of hydrogen-bond donors (Lipinski definition) is 1. The summed E-state index contributed by atoms with van der Waals surface area (Å²) in [6, 6.07) is 14.7. The van der Waals surface area contributed by atoms with Crippen molar-refractivity contribution in [3.05, 3.63) is 77.2 Å². The first-order valence-electron chi connectivity index (χ1n) is 8.17. The van der Waals surface area contributed by atoms with E-state index >= 15 is 0 Å². The number of amides is 1. The van der Waals surface area contributed by atoms with Gasteiger partial charge < -0.3 is 5.32 Å². The molecule has 2 aromatic carbocycles. The molecule has 5 nitrogen and oxygen atoms in total. The third-order valence-electron chi connectivity index (χ3n) is 4.19. The Morgan fingerprint density at radius 3 is 2.74 bits per heavy atom. The van der Waals surface area contributed by atoms with E-state index in [4.69, 9.17) is 11.6 Å². The average molecular weight is 381 g/mol. The predicted octanol–water partition coefficient (Wildman–Crippen LogP) is 4.68. The molecule has 27 heavy (non-hydrogen) atoms. The SMILES string of the molecule is Cn1ncc2c(C(=O)Nc3ccccc3Cl)cc(-c3cccc(F)c3)nc21. The molecule has 1 N–H and O–H groups in total. The minimum Gasteiger partial charge on any atom is -0.321 e. The second kappa shape index (κ2) is 6.81. The normalized spacial score (nSPS) is 10.9. The first-order chi connectivity index (χ1) is 13.0. The highest BCUT2D eigenvalue weighted by molar-refractivity contribution is 6.34. The largest absolute Gasteiger partial charge is 0.321 e. The number of fused-ring (bicyclic) bond motifs is 1. The lowest BCUT2D eigenvalue weighted by molar-refractivity contribution is 0.102. The number of pyridine rings is 1. The maximum absolute atomic E-state index is 13.6. The zero-order chi connectivity index (χ0) is 19.0. The van der Waals surface area contributed by atoms with Gasteiger partial charge in [0.1, 0.15) is 5.82 Å². The van der Waals surface area contributed by atoms with Crippen molar-refractivity contribution in [1.29, 1.82) is 0 Å². The molecule has 7 heteroatoms. The second-order valence-electron chi connectivity index (χ2n) is 6.00. The highest BCUT2D eigenvalue weighted by atomic mass is 35.5. The van der Waals surface area contributed by atoms with Crippen LogP contribution >= 0.6 is 11.6 Å². The number of benzene rings is 2. The summed E-state index contributed by atoms with van der Waals surface area (Å²) in [5.74, 6) is -0.720. The van der Waals surface area contributed by atoms with Gasteiger partial charge in [0.25, 0.3) is 5.91 Å². The Morgan fingerprint density at radius 1 is 1.15 bits per heavy atom. The number of para-hydroxylation sites is 1. The van der Waals surface area contributed by atoms with Gasteiger partial charge in [-0.3, -0.25) is 9.48 Å². The molecule has 4 aromatic rings. The molecule has 0 fully saturated rings. The maximum Gasteiger partial charge on any atom is 0.256 e. The molecule has 4 rings (SSSR count). The number of nitrogens with one attached hydrogen (secondary N) is 1. The second-order valence-corrected chi connectivity index (χ2v) is 6.41. The molecule has 0 aliphatic rings. The van der Waals surface area contributed by atoms with Crippen LogP contribution in [0.25, 0.3) is 22.3 Å². The fourth-order valence-corrected chi connectivity index (χ4v) is 3.03. The predicted molar refractivity (Wildman–Crippen MR) is 103 cm³/mol. The van der Waals surface area contributed by atoms with E-state index in [1.807, 2.05) is 0 Å². The van der Waals surface area contributed by atoms with Crippen molar-refractivity contribution in [2.75, 3.05) is 5.32 Å². The zero-order valence-electron chi connectivity index (χ0n) is 14.3. The van der Waals surface area contributed by atoms with Crippen LogP contribution in [0.15, 0.2) is 60.8 Å². The van der Waals surface area contributed by atoms with Gasteiger partial charge in [0, 0.05) is 12.6 Å². The lowest BCUT2D eigenvalue weighted by atomic mass is 10.1. The summed E-state index contributed by atoms with van der Waals surface area (Å²) in [5.41, 5.74) is 2.47. The quantitative estimate of drug-likeness (QED) is 0.561. The Labute approximate surface area is 159 Å². The molecule has 0 aliphatic carbocycles. The summed E-state index contributed by atoms with van der Waals surface area (Å²) in [7, 11) is 1.74. The van der Waals surface area contributed by atoms with Crippen molar-refractivity contribution in [2.24, 2.45) is 7.05 Å². The highest BCUT2D eigenvalue weighted by Crippen LogP contribution is 2.27. The number of carbonyl (C=O) groups is 1. The third kappa shape index (κ3) is 3.27. The van der Waals surface area contributed by atoms with Gasteiger partial charge in [-0.25, -0.2) is 9.37 Å². The van der Waals surface area contributed by atoms with Crippen molar-refractivity contribution >= 4 is 34.2 Å². The number of rotatable bonds is 3. The minimum atomic E-state index is -0.374. The summed E-state index contributed by atoms with van der Waals surface area (Å²) in [5, 5.41) is 8.03. The van der Waals surface area contributed by atoms with Crippen LogP contribution in [0.4, 0.5) is 10.1 Å².